The van der Waals surface area contributed by atoms with Crippen molar-refractivity contribution in [3.8, 4) is 0 Å². The van der Waals surface area contributed by atoms with Crippen LogP contribution in [-0.2, 0) is 4.79 Å². The van der Waals surface area contributed by atoms with Gasteiger partial charge in [-0.1, -0.05) is 0 Å². The maximum Gasteiger partial charge on any atom is 0.251 e. The predicted octanol–water partition coefficient (Wildman–Crippen LogP) is 3.76. The molecule has 0 radical (unpaired) electrons. The lowest BCUT2D eigenvalue weighted by molar-refractivity contribution is -0.143. The summed E-state index contributed by atoms with van der Waals surface area (Å²) in [6.07, 6.45) is 9.19. The highest BCUT2D eigenvalue weighted by molar-refractivity contribution is 5.97. The van der Waals surface area contributed by atoms with E-state index in [9.17, 15) is 14.0 Å². The molecule has 6 rings (SSSR count). The first-order valence-corrected chi connectivity index (χ1v) is 10.9. The van der Waals surface area contributed by atoms with Gasteiger partial charge in [-0.25, -0.2) is 4.39 Å². The summed E-state index contributed by atoms with van der Waals surface area (Å²) in [5, 5.41) is 3.13. The zero-order valence-electron chi connectivity index (χ0n) is 16.3. The molecule has 4 bridgehead atoms. The molecule has 1 aromatic carbocycles. The van der Waals surface area contributed by atoms with E-state index in [-0.39, 0.29) is 23.0 Å². The fraction of sp³-hybridized carbons (Fsp3) is 0.652. The SMILES string of the molecule is O=C(NC(C(=O)N1CCCC1)C12CC3CC(CC(C3)C1)C2)c1ccc(F)cc1. The molecule has 0 spiro atoms. The van der Waals surface area contributed by atoms with Crippen LogP contribution in [0.1, 0.15) is 61.7 Å². The minimum atomic E-state index is -0.448. The topological polar surface area (TPSA) is 49.4 Å². The summed E-state index contributed by atoms with van der Waals surface area (Å²) in [6, 6.07) is 5.16. The van der Waals surface area contributed by atoms with Crippen LogP contribution in [0.2, 0.25) is 0 Å². The van der Waals surface area contributed by atoms with Gasteiger partial charge in [0.25, 0.3) is 5.91 Å². The molecule has 1 unspecified atom stereocenters. The normalized spacial score (nSPS) is 34.5. The smallest absolute Gasteiger partial charge is 0.251 e. The number of nitrogens with zero attached hydrogens (tertiary/aromatic N) is 1. The van der Waals surface area contributed by atoms with Crippen LogP contribution in [0.5, 0.6) is 0 Å². The van der Waals surface area contributed by atoms with E-state index in [4.69, 9.17) is 0 Å². The van der Waals surface area contributed by atoms with Gasteiger partial charge in [0.2, 0.25) is 5.91 Å². The molecule has 4 nitrogen and oxygen atoms in total. The molecular weight excluding hydrogens is 355 g/mol. The summed E-state index contributed by atoms with van der Waals surface area (Å²) in [6.45, 7) is 1.60. The number of benzene rings is 1. The van der Waals surface area contributed by atoms with Crippen molar-refractivity contribution < 1.29 is 14.0 Å². The van der Waals surface area contributed by atoms with Crippen molar-refractivity contribution >= 4 is 11.8 Å². The lowest BCUT2D eigenvalue weighted by Crippen LogP contribution is -2.62. The van der Waals surface area contributed by atoms with Crippen LogP contribution in [-0.4, -0.2) is 35.8 Å². The van der Waals surface area contributed by atoms with Gasteiger partial charge in [0.15, 0.2) is 0 Å². The molecule has 1 saturated heterocycles. The average Bonchev–Trinajstić information content (AvgIpc) is 3.19. The first kappa shape index (κ1) is 18.1. The third-order valence-corrected chi connectivity index (χ3v) is 7.74. The standard InChI is InChI=1S/C23H29FN2O2/c24-19-5-3-18(4-6-19)21(27)25-20(22(28)26-7-1-2-8-26)23-12-15-9-16(13-23)11-17(10-15)14-23/h3-6,15-17,20H,1-2,7-14H2,(H,25,27). The van der Waals surface area contributed by atoms with Crippen LogP contribution in [0.3, 0.4) is 0 Å². The second kappa shape index (κ2) is 6.85. The molecule has 5 fully saturated rings. The Morgan fingerprint density at radius 2 is 1.50 bits per heavy atom. The summed E-state index contributed by atoms with van der Waals surface area (Å²) < 4.78 is 13.3. The highest BCUT2D eigenvalue weighted by Gasteiger charge is 2.57. The maximum absolute atomic E-state index is 13.5. The predicted molar refractivity (Wildman–Crippen MR) is 104 cm³/mol. The van der Waals surface area contributed by atoms with Crippen molar-refractivity contribution in [2.75, 3.05) is 13.1 Å². The molecule has 1 atom stereocenters. The van der Waals surface area contributed by atoms with Gasteiger partial charge in [0.05, 0.1) is 0 Å². The van der Waals surface area contributed by atoms with Crippen molar-refractivity contribution in [1.29, 1.82) is 0 Å². The van der Waals surface area contributed by atoms with Crippen LogP contribution < -0.4 is 5.32 Å². The number of likely N-dealkylation sites (tertiary alicyclic amines) is 1. The molecule has 0 aromatic heterocycles. The molecule has 4 aliphatic carbocycles. The minimum absolute atomic E-state index is 0.0931. The minimum Gasteiger partial charge on any atom is -0.341 e. The van der Waals surface area contributed by atoms with Gasteiger partial charge in [0, 0.05) is 24.1 Å². The fourth-order valence-corrected chi connectivity index (χ4v) is 6.94. The van der Waals surface area contributed by atoms with Crippen LogP contribution in [0, 0.1) is 29.0 Å². The van der Waals surface area contributed by atoms with Crippen molar-refractivity contribution in [3.63, 3.8) is 0 Å². The Morgan fingerprint density at radius 3 is 2.04 bits per heavy atom. The molecular formula is C23H29FN2O2. The van der Waals surface area contributed by atoms with Crippen LogP contribution in [0.4, 0.5) is 4.39 Å². The molecule has 1 aliphatic heterocycles. The summed E-state index contributed by atoms with van der Waals surface area (Å²) in [5.74, 6) is 1.62. The Hall–Kier alpha value is -1.91. The van der Waals surface area contributed by atoms with E-state index in [1.54, 1.807) is 0 Å². The first-order valence-electron chi connectivity index (χ1n) is 10.9. The number of hydrogen-bond acceptors (Lipinski definition) is 2. The number of hydrogen-bond donors (Lipinski definition) is 1. The van der Waals surface area contributed by atoms with E-state index in [2.05, 4.69) is 5.32 Å². The van der Waals surface area contributed by atoms with E-state index < -0.39 is 6.04 Å². The van der Waals surface area contributed by atoms with Gasteiger partial charge in [-0.05, 0) is 93.4 Å². The molecule has 5 aliphatic rings. The van der Waals surface area contributed by atoms with Crippen LogP contribution in [0.25, 0.3) is 0 Å². The van der Waals surface area contributed by atoms with Crippen LogP contribution >= 0.6 is 0 Å². The van der Waals surface area contributed by atoms with Gasteiger partial charge in [-0.15, -0.1) is 0 Å². The van der Waals surface area contributed by atoms with Crippen LogP contribution in [0.15, 0.2) is 24.3 Å². The fourth-order valence-electron chi connectivity index (χ4n) is 6.94. The second-order valence-corrected chi connectivity index (χ2v) is 9.73. The van der Waals surface area contributed by atoms with E-state index >= 15 is 0 Å². The third-order valence-electron chi connectivity index (χ3n) is 7.74. The summed E-state index contributed by atoms with van der Waals surface area (Å²) in [5.41, 5.74) is 0.328. The van der Waals surface area contributed by atoms with Crippen molar-refractivity contribution in [3.05, 3.63) is 35.6 Å². The van der Waals surface area contributed by atoms with E-state index in [0.717, 1.165) is 45.2 Å². The molecule has 150 valence electrons. The van der Waals surface area contributed by atoms with Gasteiger partial charge < -0.3 is 10.2 Å². The zero-order valence-corrected chi connectivity index (χ0v) is 16.3. The monoisotopic (exact) mass is 384 g/mol. The first-order chi connectivity index (χ1) is 13.5. The highest BCUT2D eigenvalue weighted by atomic mass is 19.1. The number of carbonyl (C=O) groups is 2. The summed E-state index contributed by atoms with van der Waals surface area (Å²) in [4.78, 5) is 28.5. The molecule has 28 heavy (non-hydrogen) atoms. The molecule has 2 amide bonds. The largest absolute Gasteiger partial charge is 0.341 e. The van der Waals surface area contributed by atoms with Gasteiger partial charge in [-0.2, -0.15) is 0 Å². The number of halogens is 1. The van der Waals surface area contributed by atoms with E-state index in [1.807, 2.05) is 4.90 Å². The average molecular weight is 384 g/mol. The highest BCUT2D eigenvalue weighted by Crippen LogP contribution is 2.61. The van der Waals surface area contributed by atoms with Crippen molar-refractivity contribution in [2.45, 2.75) is 57.4 Å². The lowest BCUT2D eigenvalue weighted by atomic mass is 9.47. The molecule has 5 heteroatoms. The van der Waals surface area contributed by atoms with Crippen molar-refractivity contribution in [1.82, 2.24) is 10.2 Å². The lowest BCUT2D eigenvalue weighted by Gasteiger charge is -2.59. The number of carbonyl (C=O) groups excluding carboxylic acids is 2. The molecule has 4 saturated carbocycles. The zero-order chi connectivity index (χ0) is 19.3. The molecule has 1 aromatic rings. The summed E-state index contributed by atoms with van der Waals surface area (Å²) in [7, 11) is 0. The Morgan fingerprint density at radius 1 is 0.964 bits per heavy atom. The van der Waals surface area contributed by atoms with Crippen molar-refractivity contribution in [2.24, 2.45) is 23.2 Å². The number of rotatable bonds is 4. The summed E-state index contributed by atoms with van der Waals surface area (Å²) >= 11 is 0. The van der Waals surface area contributed by atoms with E-state index in [1.165, 1.54) is 43.5 Å². The van der Waals surface area contributed by atoms with E-state index in [0.29, 0.717) is 23.3 Å². The second-order valence-electron chi connectivity index (χ2n) is 9.73. The number of nitrogens with one attached hydrogen (secondary N) is 1. The Balaban J connectivity index is 1.44. The van der Waals surface area contributed by atoms with Gasteiger partial charge in [0.1, 0.15) is 11.9 Å². The maximum atomic E-state index is 13.5. The quantitative estimate of drug-likeness (QED) is 0.859. The Bertz CT molecular complexity index is 734. The van der Waals surface area contributed by atoms with Gasteiger partial charge in [-0.3, -0.25) is 9.59 Å². The Kier molecular flexibility index (Phi) is 4.44. The van der Waals surface area contributed by atoms with Gasteiger partial charge >= 0.3 is 0 Å². The number of amides is 2. The molecule has 1 heterocycles. The molecule has 1 N–H and O–H groups in total. The third kappa shape index (κ3) is 3.13. The Labute approximate surface area is 165 Å².